The highest BCUT2D eigenvalue weighted by Crippen LogP contribution is 2.29. The van der Waals surface area contributed by atoms with E-state index in [2.05, 4.69) is 11.9 Å². The molecule has 8 heteroatoms. The second-order valence-corrected chi connectivity index (χ2v) is 7.73. The first kappa shape index (κ1) is 20.6. The van der Waals surface area contributed by atoms with Gasteiger partial charge in [0, 0.05) is 12.3 Å². The highest BCUT2D eigenvalue weighted by Gasteiger charge is 2.26. The number of aliphatic imine (C=N–C) groups is 1. The summed E-state index contributed by atoms with van der Waals surface area (Å²) in [6.07, 6.45) is 4.87. The van der Waals surface area contributed by atoms with Gasteiger partial charge in [-0.3, -0.25) is 4.40 Å². The Hall–Kier alpha value is -2.67. The van der Waals surface area contributed by atoms with Gasteiger partial charge < -0.3 is 9.47 Å². The first-order chi connectivity index (χ1) is 14.5. The third kappa shape index (κ3) is 3.99. The van der Waals surface area contributed by atoms with Crippen molar-refractivity contribution in [3.63, 3.8) is 0 Å². The van der Waals surface area contributed by atoms with Crippen molar-refractivity contribution >= 4 is 23.1 Å². The molecule has 5 nitrogen and oxygen atoms in total. The normalized spacial score (nSPS) is 16.0. The Bertz CT molecular complexity index is 1090. The lowest BCUT2D eigenvalue weighted by Crippen LogP contribution is -2.08. The third-order valence-corrected chi connectivity index (χ3v) is 5.27. The highest BCUT2D eigenvalue weighted by atomic mass is 35.5. The number of imidazole rings is 1. The van der Waals surface area contributed by atoms with Crippen LogP contribution in [0.1, 0.15) is 43.1 Å². The van der Waals surface area contributed by atoms with Crippen LogP contribution in [0.15, 0.2) is 35.5 Å². The van der Waals surface area contributed by atoms with Crippen LogP contribution in [0.4, 0.5) is 8.78 Å². The number of ether oxygens (including phenoxy) is 2. The molecule has 0 saturated carbocycles. The Morgan fingerprint density at radius 1 is 1.30 bits per heavy atom. The Kier molecular flexibility index (Phi) is 5.90. The number of hydrogen-bond acceptors (Lipinski definition) is 4. The smallest absolute Gasteiger partial charge is 0.236 e. The van der Waals surface area contributed by atoms with E-state index in [0.717, 1.165) is 19.3 Å². The van der Waals surface area contributed by atoms with Gasteiger partial charge in [-0.25, -0.2) is 18.8 Å². The molecule has 0 saturated heterocycles. The Labute approximate surface area is 178 Å². The van der Waals surface area contributed by atoms with Crippen LogP contribution in [0, 0.1) is 18.6 Å². The van der Waals surface area contributed by atoms with Crippen molar-refractivity contribution in [3.8, 4) is 5.75 Å². The summed E-state index contributed by atoms with van der Waals surface area (Å²) in [5.74, 6) is -0.490. The predicted octanol–water partition coefficient (Wildman–Crippen LogP) is 5.49. The molecule has 3 aromatic rings. The molecule has 158 valence electrons. The molecule has 1 atom stereocenters. The second-order valence-electron chi connectivity index (χ2n) is 7.29. The van der Waals surface area contributed by atoms with Crippen molar-refractivity contribution in [2.75, 3.05) is 6.61 Å². The summed E-state index contributed by atoms with van der Waals surface area (Å²) in [7, 11) is 0. The zero-order valence-corrected chi connectivity index (χ0v) is 17.5. The molecule has 4 rings (SSSR count). The summed E-state index contributed by atoms with van der Waals surface area (Å²) >= 11 is 6.30. The molecule has 1 aromatic carbocycles. The van der Waals surface area contributed by atoms with Gasteiger partial charge in [-0.15, -0.1) is 0 Å². The molecule has 0 aliphatic carbocycles. The lowest BCUT2D eigenvalue weighted by molar-refractivity contribution is 0.294. The number of benzene rings is 1. The van der Waals surface area contributed by atoms with E-state index in [1.165, 1.54) is 18.2 Å². The standard InChI is InChI=1S/C22H22ClF2N3O2/c1-3-4-6-15-11-30-22(27-15)20-13(2)26-21-19(9-14(23)10-28(20)21)29-12-16-17(24)7-5-8-18(16)25/h5,7-10,15H,3-4,6,11-12H2,1-2H3. The van der Waals surface area contributed by atoms with Crippen molar-refractivity contribution < 1.29 is 18.3 Å². The average molecular weight is 434 g/mol. The second kappa shape index (κ2) is 8.60. The van der Waals surface area contributed by atoms with Gasteiger partial charge in [-0.05, 0) is 25.5 Å². The monoisotopic (exact) mass is 433 g/mol. The van der Waals surface area contributed by atoms with Gasteiger partial charge in [0.2, 0.25) is 5.90 Å². The molecule has 0 bridgehead atoms. The highest BCUT2D eigenvalue weighted by molar-refractivity contribution is 6.30. The minimum atomic E-state index is -0.667. The fourth-order valence-corrected chi connectivity index (χ4v) is 3.71. The molecule has 0 amide bonds. The number of unbranched alkanes of at least 4 members (excludes halogenated alkanes) is 1. The summed E-state index contributed by atoms with van der Waals surface area (Å²) in [4.78, 5) is 9.28. The number of aryl methyl sites for hydroxylation is 1. The van der Waals surface area contributed by atoms with E-state index < -0.39 is 11.6 Å². The van der Waals surface area contributed by atoms with Crippen LogP contribution in [0.25, 0.3) is 5.65 Å². The van der Waals surface area contributed by atoms with E-state index in [4.69, 9.17) is 26.1 Å². The summed E-state index contributed by atoms with van der Waals surface area (Å²) < 4.78 is 41.2. The molecule has 3 heterocycles. The molecule has 0 spiro atoms. The van der Waals surface area contributed by atoms with Gasteiger partial charge in [-0.2, -0.15) is 0 Å². The third-order valence-electron chi connectivity index (χ3n) is 5.07. The zero-order valence-electron chi connectivity index (χ0n) is 16.8. The van der Waals surface area contributed by atoms with Gasteiger partial charge in [0.25, 0.3) is 0 Å². The van der Waals surface area contributed by atoms with Crippen LogP contribution < -0.4 is 4.74 Å². The van der Waals surface area contributed by atoms with E-state index in [-0.39, 0.29) is 18.2 Å². The maximum atomic E-state index is 13.9. The number of hydrogen-bond donors (Lipinski definition) is 0. The lowest BCUT2D eigenvalue weighted by atomic mass is 10.1. The van der Waals surface area contributed by atoms with Crippen LogP contribution in [0.5, 0.6) is 5.75 Å². The summed E-state index contributed by atoms with van der Waals surface area (Å²) in [6, 6.07) is 5.40. The van der Waals surface area contributed by atoms with Gasteiger partial charge in [0.1, 0.15) is 30.5 Å². The van der Waals surface area contributed by atoms with Crippen LogP contribution in [0.2, 0.25) is 5.02 Å². The Balaban J connectivity index is 1.68. The average Bonchev–Trinajstić information content (AvgIpc) is 3.29. The minimum Gasteiger partial charge on any atom is -0.485 e. The number of fused-ring (bicyclic) bond motifs is 1. The molecule has 1 aliphatic rings. The van der Waals surface area contributed by atoms with Crippen molar-refractivity contribution in [2.24, 2.45) is 4.99 Å². The van der Waals surface area contributed by atoms with Crippen molar-refractivity contribution in [2.45, 2.75) is 45.8 Å². The molecular weight excluding hydrogens is 412 g/mol. The summed E-state index contributed by atoms with van der Waals surface area (Å²) in [5, 5.41) is 0.395. The molecule has 30 heavy (non-hydrogen) atoms. The summed E-state index contributed by atoms with van der Waals surface area (Å²) in [6.45, 7) is 4.25. The fourth-order valence-electron chi connectivity index (χ4n) is 3.51. The van der Waals surface area contributed by atoms with E-state index >= 15 is 0 Å². The summed E-state index contributed by atoms with van der Waals surface area (Å²) in [5.41, 5.74) is 1.73. The maximum absolute atomic E-state index is 13.9. The lowest BCUT2D eigenvalue weighted by Gasteiger charge is -2.10. The van der Waals surface area contributed by atoms with Gasteiger partial charge in [0.05, 0.1) is 22.3 Å². The van der Waals surface area contributed by atoms with Gasteiger partial charge in [-0.1, -0.05) is 37.4 Å². The molecule has 1 unspecified atom stereocenters. The van der Waals surface area contributed by atoms with Crippen LogP contribution in [0.3, 0.4) is 0 Å². The number of rotatable bonds is 7. The van der Waals surface area contributed by atoms with E-state index in [0.29, 0.717) is 40.3 Å². The van der Waals surface area contributed by atoms with Crippen LogP contribution in [-0.2, 0) is 11.3 Å². The van der Waals surface area contributed by atoms with Crippen molar-refractivity contribution in [1.82, 2.24) is 9.38 Å². The SMILES string of the molecule is CCCCC1COC(c2c(C)nc3c(OCc4c(F)cccc4F)cc(Cl)cn23)=N1. The number of pyridine rings is 1. The van der Waals surface area contributed by atoms with Gasteiger partial charge in [0.15, 0.2) is 11.4 Å². The maximum Gasteiger partial charge on any atom is 0.236 e. The molecule has 0 fully saturated rings. The van der Waals surface area contributed by atoms with E-state index in [1.807, 2.05) is 6.92 Å². The first-order valence-electron chi connectivity index (χ1n) is 9.92. The molecule has 0 radical (unpaired) electrons. The van der Waals surface area contributed by atoms with Crippen LogP contribution in [-0.4, -0.2) is 27.9 Å². The number of nitrogens with zero attached hydrogens (tertiary/aromatic N) is 3. The fraction of sp³-hybridized carbons (Fsp3) is 0.364. The van der Waals surface area contributed by atoms with E-state index in [9.17, 15) is 8.78 Å². The number of halogens is 3. The zero-order chi connectivity index (χ0) is 21.3. The van der Waals surface area contributed by atoms with E-state index in [1.54, 1.807) is 16.7 Å². The van der Waals surface area contributed by atoms with Gasteiger partial charge >= 0.3 is 0 Å². The first-order valence-corrected chi connectivity index (χ1v) is 10.3. The molecule has 2 aromatic heterocycles. The quantitative estimate of drug-likeness (QED) is 0.495. The molecule has 0 N–H and O–H groups in total. The Morgan fingerprint density at radius 2 is 2.07 bits per heavy atom. The topological polar surface area (TPSA) is 48.1 Å². The predicted molar refractivity (Wildman–Crippen MR) is 111 cm³/mol. The largest absolute Gasteiger partial charge is 0.485 e. The van der Waals surface area contributed by atoms with Crippen LogP contribution >= 0.6 is 11.6 Å². The Morgan fingerprint density at radius 3 is 2.80 bits per heavy atom. The molecular formula is C22H22ClF2N3O2. The van der Waals surface area contributed by atoms with Crippen molar-refractivity contribution in [3.05, 3.63) is 64.1 Å². The number of aromatic nitrogens is 2. The molecule has 1 aliphatic heterocycles. The minimum absolute atomic E-state index is 0.129. The van der Waals surface area contributed by atoms with Crippen molar-refractivity contribution in [1.29, 1.82) is 0 Å².